The van der Waals surface area contributed by atoms with Crippen LogP contribution in [-0.2, 0) is 16.0 Å². The van der Waals surface area contributed by atoms with E-state index in [9.17, 15) is 14.7 Å². The summed E-state index contributed by atoms with van der Waals surface area (Å²) in [6, 6.07) is 17.8. The van der Waals surface area contributed by atoms with E-state index in [0.717, 1.165) is 31.6 Å². The Morgan fingerprint density at radius 3 is 2.67 bits per heavy atom. The maximum Gasteiger partial charge on any atom is 0.301 e. The first-order valence-corrected chi connectivity index (χ1v) is 13.1. The molecule has 3 aromatic carbocycles. The molecule has 1 amide bonds. The molecule has 1 aromatic heterocycles. The lowest BCUT2D eigenvalue weighted by molar-refractivity contribution is -0.132. The number of hydrogen-bond donors (Lipinski definition) is 1. The summed E-state index contributed by atoms with van der Waals surface area (Å²) in [5.41, 5.74) is 4.02. The number of carbonyl (C=O) groups is 2. The number of thiazole rings is 1. The normalized spacial score (nSPS) is 20.7. The van der Waals surface area contributed by atoms with Gasteiger partial charge in [-0.15, -0.1) is 0 Å². The largest absolute Gasteiger partial charge is 0.507 e. The Morgan fingerprint density at radius 2 is 1.89 bits per heavy atom. The summed E-state index contributed by atoms with van der Waals surface area (Å²) >= 11 is 4.80. The van der Waals surface area contributed by atoms with Gasteiger partial charge in [-0.25, -0.2) is 4.98 Å². The molecule has 1 saturated heterocycles. The van der Waals surface area contributed by atoms with Crippen molar-refractivity contribution < 1.29 is 19.4 Å². The fourth-order valence-electron chi connectivity index (χ4n) is 4.84. The minimum absolute atomic E-state index is 0.0460. The van der Waals surface area contributed by atoms with Crippen LogP contribution in [0.1, 0.15) is 35.2 Å². The highest BCUT2D eigenvalue weighted by molar-refractivity contribution is 9.10. The van der Waals surface area contributed by atoms with Crippen LogP contribution >= 0.6 is 27.3 Å². The van der Waals surface area contributed by atoms with E-state index in [0.29, 0.717) is 22.7 Å². The highest BCUT2D eigenvalue weighted by Gasteiger charge is 2.48. The number of ketones is 1. The van der Waals surface area contributed by atoms with Gasteiger partial charge >= 0.3 is 5.91 Å². The van der Waals surface area contributed by atoms with Gasteiger partial charge in [0.2, 0.25) is 0 Å². The Morgan fingerprint density at radius 1 is 1.11 bits per heavy atom. The predicted molar refractivity (Wildman–Crippen MR) is 144 cm³/mol. The topological polar surface area (TPSA) is 79.7 Å². The van der Waals surface area contributed by atoms with Crippen molar-refractivity contribution in [1.29, 1.82) is 0 Å². The van der Waals surface area contributed by atoms with Gasteiger partial charge in [-0.1, -0.05) is 45.5 Å². The van der Waals surface area contributed by atoms with E-state index in [1.54, 1.807) is 12.1 Å². The lowest BCUT2D eigenvalue weighted by atomic mass is 9.94. The van der Waals surface area contributed by atoms with Crippen LogP contribution in [-0.4, -0.2) is 27.9 Å². The van der Waals surface area contributed by atoms with Gasteiger partial charge in [0.15, 0.2) is 5.13 Å². The molecule has 0 spiro atoms. The second-order valence-corrected chi connectivity index (χ2v) is 11.1. The first kappa shape index (κ1) is 22.9. The van der Waals surface area contributed by atoms with Crippen molar-refractivity contribution in [1.82, 2.24) is 4.98 Å². The highest BCUT2D eigenvalue weighted by Crippen LogP contribution is 2.45. The van der Waals surface area contributed by atoms with Crippen LogP contribution in [0, 0.1) is 6.92 Å². The van der Waals surface area contributed by atoms with Gasteiger partial charge in [-0.05, 0) is 73.0 Å². The number of aliphatic hydroxyl groups excluding tert-OH is 1. The maximum absolute atomic E-state index is 13.4. The van der Waals surface area contributed by atoms with E-state index < -0.39 is 17.7 Å². The van der Waals surface area contributed by atoms with Crippen LogP contribution in [0.15, 0.2) is 70.7 Å². The van der Waals surface area contributed by atoms with Crippen LogP contribution < -0.4 is 9.64 Å². The second kappa shape index (κ2) is 8.57. The molecular weight excluding hydrogens is 540 g/mol. The fraction of sp³-hybridized carbons (Fsp3) is 0.179. The van der Waals surface area contributed by atoms with Crippen LogP contribution in [0.4, 0.5) is 5.13 Å². The van der Waals surface area contributed by atoms with E-state index in [-0.39, 0.29) is 17.4 Å². The fourth-order valence-corrected chi connectivity index (χ4v) is 6.19. The standard InChI is InChI=1S/C28H21BrN2O4S/c1-14-3-9-20-22(11-14)36-28(30-20)31-24(16-4-7-19(29)8-5-16)23(26(33)27(31)34)25(32)17-6-10-21-18(13-17)12-15(2)35-21/h3-11,13,15,24,32H,12H2,1-2H3/b25-23+/t15-,24+/m1/s1. The minimum atomic E-state index is -0.816. The Hall–Kier alpha value is -3.49. The number of hydrogen-bond acceptors (Lipinski definition) is 6. The number of halogens is 1. The molecule has 36 heavy (non-hydrogen) atoms. The van der Waals surface area contributed by atoms with Crippen molar-refractivity contribution in [3.8, 4) is 5.75 Å². The molecule has 6 nitrogen and oxygen atoms in total. The molecule has 4 aromatic rings. The Kier molecular flexibility index (Phi) is 5.46. The van der Waals surface area contributed by atoms with Crippen molar-refractivity contribution >= 4 is 60.1 Å². The lowest BCUT2D eigenvalue weighted by Gasteiger charge is -2.23. The summed E-state index contributed by atoms with van der Waals surface area (Å²) in [6.07, 6.45) is 0.764. The number of ether oxygens (including phenoxy) is 1. The third-order valence-corrected chi connectivity index (χ3v) is 8.08. The number of Topliss-reactive ketones (excluding diaryl/α,β-unsaturated/α-hetero) is 1. The van der Waals surface area contributed by atoms with E-state index in [1.165, 1.54) is 16.2 Å². The van der Waals surface area contributed by atoms with E-state index in [4.69, 9.17) is 4.74 Å². The number of benzene rings is 3. The number of anilines is 1. The molecule has 6 rings (SSSR count). The van der Waals surface area contributed by atoms with Gasteiger partial charge in [0.25, 0.3) is 5.78 Å². The Bertz CT molecular complexity index is 1590. The number of aromatic nitrogens is 1. The molecule has 0 radical (unpaired) electrons. The third kappa shape index (κ3) is 3.72. The SMILES string of the molecule is Cc1ccc2nc(N3C(=O)C(=O)/C(=C(/O)c4ccc5c(c4)C[C@@H](C)O5)[C@@H]3c3ccc(Br)cc3)sc2c1. The van der Waals surface area contributed by atoms with Crippen molar-refractivity contribution in [3.05, 3.63) is 93.0 Å². The van der Waals surface area contributed by atoms with Gasteiger partial charge < -0.3 is 9.84 Å². The molecular formula is C28H21BrN2O4S. The molecule has 0 bridgehead atoms. The minimum Gasteiger partial charge on any atom is -0.507 e. The molecule has 2 aliphatic rings. The van der Waals surface area contributed by atoms with Gasteiger partial charge in [0.1, 0.15) is 17.6 Å². The van der Waals surface area contributed by atoms with Gasteiger partial charge in [0.05, 0.1) is 21.8 Å². The quantitative estimate of drug-likeness (QED) is 0.180. The molecule has 2 aliphatic heterocycles. The monoisotopic (exact) mass is 560 g/mol. The zero-order chi connectivity index (χ0) is 25.1. The third-order valence-electron chi connectivity index (χ3n) is 6.54. The van der Waals surface area contributed by atoms with Gasteiger partial charge in [0, 0.05) is 16.5 Å². The zero-order valence-electron chi connectivity index (χ0n) is 19.5. The van der Waals surface area contributed by atoms with Crippen LogP contribution in [0.5, 0.6) is 5.75 Å². The number of amides is 1. The van der Waals surface area contributed by atoms with Crippen molar-refractivity contribution in [2.45, 2.75) is 32.4 Å². The maximum atomic E-state index is 13.4. The summed E-state index contributed by atoms with van der Waals surface area (Å²) in [6.45, 7) is 3.98. The number of aryl methyl sites for hydroxylation is 1. The number of rotatable bonds is 3. The first-order chi connectivity index (χ1) is 17.3. The molecule has 2 atom stereocenters. The molecule has 1 fully saturated rings. The number of carbonyl (C=O) groups excluding carboxylic acids is 2. The number of aliphatic hydroxyl groups is 1. The lowest BCUT2D eigenvalue weighted by Crippen LogP contribution is -2.29. The van der Waals surface area contributed by atoms with Crippen molar-refractivity contribution in [2.24, 2.45) is 0 Å². The molecule has 8 heteroatoms. The van der Waals surface area contributed by atoms with Crippen molar-refractivity contribution in [3.63, 3.8) is 0 Å². The summed E-state index contributed by atoms with van der Waals surface area (Å²) in [4.78, 5) is 33.0. The Balaban J connectivity index is 1.53. The average molecular weight is 561 g/mol. The number of nitrogens with zero attached hydrogens (tertiary/aromatic N) is 2. The summed E-state index contributed by atoms with van der Waals surface area (Å²) in [5, 5.41) is 11.9. The first-order valence-electron chi connectivity index (χ1n) is 11.5. The van der Waals surface area contributed by atoms with Gasteiger partial charge in [-0.2, -0.15) is 0 Å². The molecule has 180 valence electrons. The van der Waals surface area contributed by atoms with E-state index in [1.807, 2.05) is 62.4 Å². The van der Waals surface area contributed by atoms with Gasteiger partial charge in [-0.3, -0.25) is 14.5 Å². The average Bonchev–Trinajstić information content (AvgIpc) is 3.51. The summed E-state index contributed by atoms with van der Waals surface area (Å²) in [7, 11) is 0. The molecule has 0 unspecified atom stereocenters. The smallest absolute Gasteiger partial charge is 0.301 e. The zero-order valence-corrected chi connectivity index (χ0v) is 21.9. The molecule has 3 heterocycles. The number of fused-ring (bicyclic) bond motifs is 2. The second-order valence-electron chi connectivity index (χ2n) is 9.14. The summed E-state index contributed by atoms with van der Waals surface area (Å²) in [5.74, 6) is -0.879. The van der Waals surface area contributed by atoms with E-state index in [2.05, 4.69) is 20.9 Å². The van der Waals surface area contributed by atoms with Crippen LogP contribution in [0.3, 0.4) is 0 Å². The predicted octanol–water partition coefficient (Wildman–Crippen LogP) is 6.32. The highest BCUT2D eigenvalue weighted by atomic mass is 79.9. The van der Waals surface area contributed by atoms with E-state index >= 15 is 0 Å². The molecule has 0 aliphatic carbocycles. The Labute approximate surface area is 220 Å². The molecule has 1 N–H and O–H groups in total. The van der Waals surface area contributed by atoms with Crippen LogP contribution in [0.2, 0.25) is 0 Å². The summed E-state index contributed by atoms with van der Waals surface area (Å²) < 4.78 is 7.57. The molecule has 0 saturated carbocycles. The van der Waals surface area contributed by atoms with Crippen LogP contribution in [0.25, 0.3) is 16.0 Å². The van der Waals surface area contributed by atoms with Crippen molar-refractivity contribution in [2.75, 3.05) is 4.90 Å².